The van der Waals surface area contributed by atoms with E-state index in [2.05, 4.69) is 166 Å². The van der Waals surface area contributed by atoms with Crippen molar-refractivity contribution in [3.8, 4) is 11.1 Å². The van der Waals surface area contributed by atoms with Gasteiger partial charge in [0.1, 0.15) is 0 Å². The van der Waals surface area contributed by atoms with Gasteiger partial charge in [-0.05, 0) is 152 Å². The second kappa shape index (κ2) is 10.0. The second-order valence-electron chi connectivity index (χ2n) is 14.6. The highest BCUT2D eigenvalue weighted by atomic mass is 14.3. The van der Waals surface area contributed by atoms with Crippen molar-refractivity contribution < 1.29 is 0 Å². The predicted octanol–water partition coefficient (Wildman–Crippen LogP) is 14.2. The Morgan fingerprint density at radius 2 is 1.16 bits per heavy atom. The largest absolute Gasteiger partial charge is 0.0779 e. The van der Waals surface area contributed by atoms with Gasteiger partial charge in [-0.15, -0.1) is 0 Å². The highest BCUT2D eigenvalue weighted by Crippen LogP contribution is 2.53. The van der Waals surface area contributed by atoms with E-state index < -0.39 is 0 Å². The fourth-order valence-corrected chi connectivity index (χ4v) is 9.38. The molecule has 1 aliphatic carbocycles. The second-order valence-corrected chi connectivity index (χ2v) is 14.6. The molecular formula is C50H34. The Morgan fingerprint density at radius 3 is 1.98 bits per heavy atom. The summed E-state index contributed by atoms with van der Waals surface area (Å²) in [6.45, 7) is 6.75. The Hall–Kier alpha value is -5.98. The van der Waals surface area contributed by atoms with Crippen molar-refractivity contribution in [1.82, 2.24) is 0 Å². The van der Waals surface area contributed by atoms with Crippen LogP contribution < -0.4 is 0 Å². The molecule has 234 valence electrons. The number of allylic oxidation sites excluding steroid dienone is 6. The standard InChI is InChI=1S/C50H34/c1-28-10-7-13-33(21-18-28)47-42-26-39-40-25-34-24-29(2)19-22-35(34)36-23-20-30(3)44(48(36)40)41(39)27-43(42)46(32-11-5-4-6-12-32)49-37-16-8-14-31-15-9-17-38(45(31)37)50(47)49/h4-28H,1-3H3. The van der Waals surface area contributed by atoms with Gasteiger partial charge in [0.05, 0.1) is 0 Å². The highest BCUT2D eigenvalue weighted by Gasteiger charge is 2.26. The van der Waals surface area contributed by atoms with Crippen LogP contribution in [0.25, 0.3) is 103 Å². The summed E-state index contributed by atoms with van der Waals surface area (Å²) in [6, 6.07) is 44.0. The average molecular weight is 635 g/mol. The molecule has 11 rings (SSSR count). The van der Waals surface area contributed by atoms with Crippen LogP contribution >= 0.6 is 0 Å². The number of hydrogen-bond acceptors (Lipinski definition) is 0. The van der Waals surface area contributed by atoms with Gasteiger partial charge in [-0.25, -0.2) is 0 Å². The van der Waals surface area contributed by atoms with Crippen molar-refractivity contribution in [2.75, 3.05) is 0 Å². The van der Waals surface area contributed by atoms with E-state index in [1.54, 1.807) is 0 Å². The van der Waals surface area contributed by atoms with Crippen LogP contribution in [0, 0.1) is 19.8 Å². The lowest BCUT2D eigenvalue weighted by atomic mass is 9.85. The zero-order chi connectivity index (χ0) is 33.2. The van der Waals surface area contributed by atoms with Crippen LogP contribution in [0.2, 0.25) is 0 Å². The summed E-state index contributed by atoms with van der Waals surface area (Å²) < 4.78 is 0. The molecule has 1 aliphatic rings. The average Bonchev–Trinajstić information content (AvgIpc) is 3.53. The minimum absolute atomic E-state index is 0.378. The van der Waals surface area contributed by atoms with Crippen molar-refractivity contribution in [3.05, 3.63) is 162 Å². The molecule has 0 heteroatoms. The van der Waals surface area contributed by atoms with Gasteiger partial charge in [0, 0.05) is 0 Å². The molecule has 0 nitrogen and oxygen atoms in total. The summed E-state index contributed by atoms with van der Waals surface area (Å²) >= 11 is 0. The van der Waals surface area contributed by atoms with E-state index in [0.717, 1.165) is 0 Å². The fourth-order valence-electron chi connectivity index (χ4n) is 9.38. The molecule has 0 saturated heterocycles. The number of rotatable bonds is 2. The summed E-state index contributed by atoms with van der Waals surface area (Å²) in [5.41, 5.74) is 7.81. The Labute approximate surface area is 290 Å². The molecule has 1 unspecified atom stereocenters. The van der Waals surface area contributed by atoms with Gasteiger partial charge in [0.25, 0.3) is 0 Å². The van der Waals surface area contributed by atoms with E-state index in [1.807, 2.05) is 0 Å². The first-order valence-electron chi connectivity index (χ1n) is 17.9. The molecule has 0 aromatic heterocycles. The third-order valence-electron chi connectivity index (χ3n) is 11.6. The first kappa shape index (κ1) is 27.9. The minimum atomic E-state index is 0.378. The normalized spacial score (nSPS) is 15.3. The molecule has 10 aromatic carbocycles. The van der Waals surface area contributed by atoms with E-state index in [-0.39, 0.29) is 0 Å². The SMILES string of the molecule is Cc1ccc2c(c1)cc1c3cc4c(C5=CC=CC(C)C=C5)c5c6cccc7cccc(c5c(-c5ccccc5)c4cc3c3c(C)ccc2c13)c76. The maximum absolute atomic E-state index is 2.55. The highest BCUT2D eigenvalue weighted by molar-refractivity contribution is 6.41. The third kappa shape index (κ3) is 3.66. The van der Waals surface area contributed by atoms with Crippen molar-refractivity contribution in [3.63, 3.8) is 0 Å². The number of fused-ring (bicyclic) bond motifs is 9. The van der Waals surface area contributed by atoms with Gasteiger partial charge in [-0.2, -0.15) is 0 Å². The van der Waals surface area contributed by atoms with Crippen molar-refractivity contribution in [1.29, 1.82) is 0 Å². The van der Waals surface area contributed by atoms with E-state index in [9.17, 15) is 0 Å². The molecule has 0 heterocycles. The molecule has 0 fully saturated rings. The monoisotopic (exact) mass is 634 g/mol. The lowest BCUT2D eigenvalue weighted by Crippen LogP contribution is -1.92. The molecule has 0 spiro atoms. The Balaban J connectivity index is 1.45. The van der Waals surface area contributed by atoms with Gasteiger partial charge >= 0.3 is 0 Å². The Morgan fingerprint density at radius 1 is 0.440 bits per heavy atom. The topological polar surface area (TPSA) is 0 Å². The van der Waals surface area contributed by atoms with Crippen molar-refractivity contribution >= 4 is 91.8 Å². The zero-order valence-corrected chi connectivity index (χ0v) is 28.4. The quantitative estimate of drug-likeness (QED) is 0.166. The molecule has 50 heavy (non-hydrogen) atoms. The molecule has 0 N–H and O–H groups in total. The molecule has 0 radical (unpaired) electrons. The zero-order valence-electron chi connectivity index (χ0n) is 28.4. The molecule has 0 saturated carbocycles. The molecule has 10 aromatic rings. The summed E-state index contributed by atoms with van der Waals surface area (Å²) in [7, 11) is 0. The van der Waals surface area contributed by atoms with E-state index >= 15 is 0 Å². The van der Waals surface area contributed by atoms with Crippen molar-refractivity contribution in [2.24, 2.45) is 5.92 Å². The summed E-state index contributed by atoms with van der Waals surface area (Å²) in [4.78, 5) is 0. The first-order valence-corrected chi connectivity index (χ1v) is 17.9. The number of benzene rings is 8. The van der Waals surface area contributed by atoms with Gasteiger partial charge in [0.2, 0.25) is 0 Å². The van der Waals surface area contributed by atoms with Crippen LogP contribution in [0.5, 0.6) is 0 Å². The predicted molar refractivity (Wildman–Crippen MR) is 219 cm³/mol. The van der Waals surface area contributed by atoms with Gasteiger partial charge in [0.15, 0.2) is 0 Å². The van der Waals surface area contributed by atoms with Crippen LogP contribution in [0.1, 0.15) is 23.6 Å². The summed E-state index contributed by atoms with van der Waals surface area (Å²) in [6.07, 6.45) is 11.6. The van der Waals surface area contributed by atoms with Gasteiger partial charge < -0.3 is 0 Å². The molecule has 1 atom stereocenters. The minimum Gasteiger partial charge on any atom is -0.0779 e. The third-order valence-corrected chi connectivity index (χ3v) is 11.6. The number of hydrogen-bond donors (Lipinski definition) is 0. The van der Waals surface area contributed by atoms with E-state index in [1.165, 1.54) is 120 Å². The van der Waals surface area contributed by atoms with E-state index in [0.29, 0.717) is 5.92 Å². The maximum atomic E-state index is 2.55. The molecule has 0 aliphatic heterocycles. The number of aryl methyl sites for hydroxylation is 2. The first-order chi connectivity index (χ1) is 24.5. The summed E-state index contributed by atoms with van der Waals surface area (Å²) in [5, 5.41) is 21.5. The lowest BCUT2D eigenvalue weighted by molar-refractivity contribution is 0.943. The van der Waals surface area contributed by atoms with Gasteiger partial charge in [-0.1, -0.05) is 140 Å². The molecule has 0 amide bonds. The van der Waals surface area contributed by atoms with Crippen molar-refractivity contribution in [2.45, 2.75) is 20.8 Å². The van der Waals surface area contributed by atoms with Gasteiger partial charge in [-0.3, -0.25) is 0 Å². The molecular weight excluding hydrogens is 601 g/mol. The Bertz CT molecular complexity index is 3140. The van der Waals surface area contributed by atoms with Crippen LogP contribution in [0.15, 0.2) is 146 Å². The molecule has 0 bridgehead atoms. The Kier molecular flexibility index (Phi) is 5.60. The fraction of sp³-hybridized carbons (Fsp3) is 0.0800. The van der Waals surface area contributed by atoms with Crippen LogP contribution in [0.3, 0.4) is 0 Å². The lowest BCUT2D eigenvalue weighted by Gasteiger charge is -2.18. The smallest absolute Gasteiger partial charge is 0.000741 e. The maximum Gasteiger partial charge on any atom is -0.000741 e. The van der Waals surface area contributed by atoms with E-state index in [4.69, 9.17) is 0 Å². The summed E-state index contributed by atoms with van der Waals surface area (Å²) in [5.74, 6) is 0.378. The van der Waals surface area contributed by atoms with Crippen LogP contribution in [-0.2, 0) is 0 Å². The van der Waals surface area contributed by atoms with Crippen LogP contribution in [-0.4, -0.2) is 0 Å². The van der Waals surface area contributed by atoms with Crippen LogP contribution in [0.4, 0.5) is 0 Å².